The molecule has 6 unspecified atom stereocenters. The fourth-order valence-electron chi connectivity index (χ4n) is 3.05. The molecule has 6 atom stereocenters. The summed E-state index contributed by atoms with van der Waals surface area (Å²) in [6, 6.07) is 6.15. The van der Waals surface area contributed by atoms with Crippen LogP contribution in [0.2, 0.25) is 0 Å². The number of phenols is 2. The van der Waals surface area contributed by atoms with Crippen LogP contribution in [0.5, 0.6) is 11.5 Å². The molecule has 0 saturated carbocycles. The molecule has 7 nitrogen and oxygen atoms in total. The van der Waals surface area contributed by atoms with Crippen LogP contribution in [-0.4, -0.2) is 72.3 Å². The van der Waals surface area contributed by atoms with Gasteiger partial charge in [-0.05, 0) is 26.0 Å². The molecule has 7 heteroatoms. The molecule has 4 fully saturated rings. The minimum atomic E-state index is -0.125. The van der Waals surface area contributed by atoms with Crippen LogP contribution in [0.25, 0.3) is 0 Å². The second-order valence-corrected chi connectivity index (χ2v) is 8.19. The standard InChI is InChI=1S/C14H22O5.C6H6O2/c1-13(7-17-13)11(3-9-5-15-9)19-12(4-10-6-16-10)14(2)8-18-14;7-5-3-1-2-4-6(5)8/h9-12H,3-8H2,1-2H3;1-4,7-8H. The van der Waals surface area contributed by atoms with Crippen molar-refractivity contribution < 1.29 is 33.9 Å². The van der Waals surface area contributed by atoms with Crippen LogP contribution in [-0.2, 0) is 23.7 Å². The summed E-state index contributed by atoms with van der Waals surface area (Å²) in [5.41, 5.74) is -0.250. The average molecular weight is 380 g/mol. The fourth-order valence-corrected chi connectivity index (χ4v) is 3.05. The van der Waals surface area contributed by atoms with Crippen molar-refractivity contribution in [1.82, 2.24) is 0 Å². The summed E-state index contributed by atoms with van der Waals surface area (Å²) in [4.78, 5) is 0. The molecule has 0 aliphatic carbocycles. The third-order valence-corrected chi connectivity index (χ3v) is 5.53. The molecular weight excluding hydrogens is 352 g/mol. The predicted octanol–water partition coefficient (Wildman–Crippen LogP) is 1.99. The number of phenolic OH excluding ortho intramolecular Hbond substituents is 2. The Labute approximate surface area is 159 Å². The van der Waals surface area contributed by atoms with Crippen molar-refractivity contribution in [1.29, 1.82) is 0 Å². The smallest absolute Gasteiger partial charge is 0.157 e. The zero-order valence-electron chi connectivity index (χ0n) is 15.8. The average Bonchev–Trinajstić information content (AvgIpc) is 3.47. The lowest BCUT2D eigenvalue weighted by atomic mass is 9.97. The Kier molecular flexibility index (Phi) is 5.07. The van der Waals surface area contributed by atoms with Crippen molar-refractivity contribution in [2.75, 3.05) is 26.4 Å². The van der Waals surface area contributed by atoms with Gasteiger partial charge in [-0.15, -0.1) is 0 Å². The van der Waals surface area contributed by atoms with Gasteiger partial charge in [0.15, 0.2) is 11.5 Å². The molecule has 27 heavy (non-hydrogen) atoms. The van der Waals surface area contributed by atoms with Gasteiger partial charge in [0.2, 0.25) is 0 Å². The molecule has 1 aromatic carbocycles. The van der Waals surface area contributed by atoms with Crippen LogP contribution >= 0.6 is 0 Å². The van der Waals surface area contributed by atoms with Crippen LogP contribution in [0.4, 0.5) is 0 Å². The molecule has 5 rings (SSSR count). The van der Waals surface area contributed by atoms with Crippen molar-refractivity contribution in [3.05, 3.63) is 24.3 Å². The number of rotatable bonds is 8. The lowest BCUT2D eigenvalue weighted by Crippen LogP contribution is -2.41. The third-order valence-electron chi connectivity index (χ3n) is 5.53. The Morgan fingerprint density at radius 2 is 1.30 bits per heavy atom. The SMILES string of the molecule is CC1(C(CC2CO2)OC(CC2CO2)C2(C)CO2)CO1.Oc1ccccc1O. The summed E-state index contributed by atoms with van der Waals surface area (Å²) >= 11 is 0. The zero-order valence-corrected chi connectivity index (χ0v) is 15.8. The van der Waals surface area contributed by atoms with Gasteiger partial charge in [0.05, 0.1) is 50.8 Å². The largest absolute Gasteiger partial charge is 0.504 e. The van der Waals surface area contributed by atoms with Crippen molar-refractivity contribution >= 4 is 0 Å². The summed E-state index contributed by atoms with van der Waals surface area (Å²) < 4.78 is 28.3. The van der Waals surface area contributed by atoms with Gasteiger partial charge >= 0.3 is 0 Å². The lowest BCUT2D eigenvalue weighted by Gasteiger charge is -2.29. The maximum absolute atomic E-state index is 8.67. The molecular formula is C20H28O7. The van der Waals surface area contributed by atoms with Crippen LogP contribution < -0.4 is 0 Å². The zero-order chi connectivity index (χ0) is 19.1. The minimum Gasteiger partial charge on any atom is -0.504 e. The number of hydrogen-bond acceptors (Lipinski definition) is 7. The van der Waals surface area contributed by atoms with Crippen LogP contribution in [0, 0.1) is 0 Å². The van der Waals surface area contributed by atoms with Gasteiger partial charge in [-0.3, -0.25) is 0 Å². The van der Waals surface area contributed by atoms with E-state index in [1.807, 2.05) is 0 Å². The summed E-state index contributed by atoms with van der Waals surface area (Å²) in [7, 11) is 0. The molecule has 4 heterocycles. The molecule has 4 aliphatic rings. The first-order chi connectivity index (χ1) is 12.9. The lowest BCUT2D eigenvalue weighted by molar-refractivity contribution is -0.0881. The normalized spacial score (nSPS) is 37.6. The van der Waals surface area contributed by atoms with Gasteiger partial charge in [-0.2, -0.15) is 0 Å². The fraction of sp³-hybridized carbons (Fsp3) is 0.700. The highest BCUT2D eigenvalue weighted by molar-refractivity contribution is 5.36. The summed E-state index contributed by atoms with van der Waals surface area (Å²) in [6.07, 6.45) is 2.77. The molecule has 4 saturated heterocycles. The van der Waals surface area contributed by atoms with Crippen molar-refractivity contribution in [2.45, 2.75) is 62.3 Å². The molecule has 0 radical (unpaired) electrons. The first kappa shape index (κ1) is 19.0. The molecule has 2 N–H and O–H groups in total. The highest BCUT2D eigenvalue weighted by Gasteiger charge is 2.55. The summed E-state index contributed by atoms with van der Waals surface area (Å²) in [5.74, 6) is -0.153. The van der Waals surface area contributed by atoms with E-state index in [9.17, 15) is 0 Å². The van der Waals surface area contributed by atoms with E-state index in [1.165, 1.54) is 12.1 Å². The quantitative estimate of drug-likeness (QED) is 0.525. The Morgan fingerprint density at radius 1 is 0.926 bits per heavy atom. The van der Waals surface area contributed by atoms with Crippen LogP contribution in [0.1, 0.15) is 26.7 Å². The summed E-state index contributed by atoms with van der Waals surface area (Å²) in [6.45, 7) is 7.55. The van der Waals surface area contributed by atoms with E-state index in [-0.39, 0.29) is 34.9 Å². The van der Waals surface area contributed by atoms with Crippen molar-refractivity contribution in [3.63, 3.8) is 0 Å². The summed E-state index contributed by atoms with van der Waals surface area (Å²) in [5, 5.41) is 17.3. The Bertz CT molecular complexity index is 592. The highest BCUT2D eigenvalue weighted by atomic mass is 16.7. The molecule has 0 amide bonds. The van der Waals surface area contributed by atoms with Gasteiger partial charge in [0.1, 0.15) is 11.2 Å². The number of hydrogen-bond donors (Lipinski definition) is 2. The first-order valence-electron chi connectivity index (χ1n) is 9.51. The monoisotopic (exact) mass is 380 g/mol. The van der Waals surface area contributed by atoms with E-state index in [4.69, 9.17) is 33.9 Å². The number of aromatic hydroxyl groups is 2. The van der Waals surface area contributed by atoms with E-state index in [0.29, 0.717) is 12.2 Å². The Morgan fingerprint density at radius 3 is 1.56 bits per heavy atom. The van der Waals surface area contributed by atoms with E-state index < -0.39 is 0 Å². The van der Waals surface area contributed by atoms with Gasteiger partial charge in [-0.25, -0.2) is 0 Å². The van der Waals surface area contributed by atoms with Crippen molar-refractivity contribution in [2.24, 2.45) is 0 Å². The van der Waals surface area contributed by atoms with E-state index in [2.05, 4.69) is 13.8 Å². The molecule has 150 valence electrons. The van der Waals surface area contributed by atoms with Gasteiger partial charge in [-0.1, -0.05) is 12.1 Å². The third kappa shape index (κ3) is 5.12. The van der Waals surface area contributed by atoms with Gasteiger partial charge in [0.25, 0.3) is 0 Å². The Balaban J connectivity index is 0.000000190. The molecule has 0 aromatic heterocycles. The predicted molar refractivity (Wildman–Crippen MR) is 95.9 cm³/mol. The van der Waals surface area contributed by atoms with Crippen LogP contribution in [0.15, 0.2) is 24.3 Å². The number of epoxide rings is 4. The van der Waals surface area contributed by atoms with Gasteiger partial charge in [0, 0.05) is 12.8 Å². The number of para-hydroxylation sites is 2. The number of ether oxygens (including phenoxy) is 5. The topological polar surface area (TPSA) is 99.8 Å². The number of benzene rings is 1. The highest BCUT2D eigenvalue weighted by Crippen LogP contribution is 2.42. The molecule has 1 aromatic rings. The van der Waals surface area contributed by atoms with Gasteiger partial charge < -0.3 is 33.9 Å². The molecule has 0 spiro atoms. The second-order valence-electron chi connectivity index (χ2n) is 8.19. The molecule has 4 aliphatic heterocycles. The maximum atomic E-state index is 8.67. The van der Waals surface area contributed by atoms with E-state index >= 15 is 0 Å². The second kappa shape index (κ2) is 7.22. The first-order valence-corrected chi connectivity index (χ1v) is 9.51. The van der Waals surface area contributed by atoms with E-state index in [1.54, 1.807) is 12.1 Å². The van der Waals surface area contributed by atoms with Crippen molar-refractivity contribution in [3.8, 4) is 11.5 Å². The minimum absolute atomic E-state index is 0.0764. The van der Waals surface area contributed by atoms with Crippen LogP contribution in [0.3, 0.4) is 0 Å². The molecule has 0 bridgehead atoms. The maximum Gasteiger partial charge on any atom is 0.157 e. The van der Waals surface area contributed by atoms with E-state index in [0.717, 1.165) is 39.3 Å². The Hall–Kier alpha value is -1.38.